The molecular formula is C18H18FN5O. The van der Waals surface area contributed by atoms with Crippen LogP contribution in [0, 0.1) is 5.82 Å². The third kappa shape index (κ3) is 3.66. The molecule has 0 saturated carbocycles. The molecule has 0 amide bonds. The van der Waals surface area contributed by atoms with Crippen LogP contribution in [0.1, 0.15) is 5.89 Å². The van der Waals surface area contributed by atoms with Gasteiger partial charge in [-0.25, -0.2) is 4.39 Å². The number of benzene rings is 1. The van der Waals surface area contributed by atoms with Gasteiger partial charge in [0.15, 0.2) is 0 Å². The second kappa shape index (κ2) is 6.98. The van der Waals surface area contributed by atoms with Crippen molar-refractivity contribution in [2.75, 3.05) is 31.1 Å². The van der Waals surface area contributed by atoms with Crippen molar-refractivity contribution < 1.29 is 8.91 Å². The van der Waals surface area contributed by atoms with E-state index < -0.39 is 0 Å². The average molecular weight is 339 g/mol. The van der Waals surface area contributed by atoms with Crippen molar-refractivity contribution in [3.05, 3.63) is 60.5 Å². The second-order valence-corrected chi connectivity index (χ2v) is 5.99. The van der Waals surface area contributed by atoms with Crippen molar-refractivity contribution >= 4 is 5.69 Å². The molecule has 1 aliphatic heterocycles. The Morgan fingerprint density at radius 1 is 1.04 bits per heavy atom. The number of rotatable bonds is 4. The molecule has 4 rings (SSSR count). The number of piperazine rings is 1. The van der Waals surface area contributed by atoms with E-state index in [4.69, 9.17) is 4.52 Å². The van der Waals surface area contributed by atoms with Gasteiger partial charge in [-0.15, -0.1) is 0 Å². The molecule has 1 aliphatic rings. The van der Waals surface area contributed by atoms with Crippen molar-refractivity contribution in [3.63, 3.8) is 0 Å². The van der Waals surface area contributed by atoms with E-state index in [0.29, 0.717) is 18.3 Å². The van der Waals surface area contributed by atoms with E-state index >= 15 is 0 Å². The molecule has 0 unspecified atom stereocenters. The Morgan fingerprint density at radius 3 is 2.56 bits per heavy atom. The minimum absolute atomic E-state index is 0.205. The molecular weight excluding hydrogens is 321 g/mol. The summed E-state index contributed by atoms with van der Waals surface area (Å²) in [6, 6.07) is 10.4. The molecule has 1 fully saturated rings. The van der Waals surface area contributed by atoms with E-state index in [-0.39, 0.29) is 5.82 Å². The molecule has 1 saturated heterocycles. The van der Waals surface area contributed by atoms with Crippen LogP contribution in [-0.4, -0.2) is 46.2 Å². The van der Waals surface area contributed by atoms with Crippen LogP contribution in [0.4, 0.5) is 10.1 Å². The largest absolute Gasteiger partial charge is 0.369 e. The fourth-order valence-corrected chi connectivity index (χ4v) is 2.94. The van der Waals surface area contributed by atoms with Crippen molar-refractivity contribution in [3.8, 4) is 11.4 Å². The zero-order valence-electron chi connectivity index (χ0n) is 13.7. The molecule has 0 atom stereocenters. The Balaban J connectivity index is 1.34. The maximum atomic E-state index is 13.0. The molecule has 0 bridgehead atoms. The summed E-state index contributed by atoms with van der Waals surface area (Å²) in [5.74, 6) is 0.963. The quantitative estimate of drug-likeness (QED) is 0.728. The lowest BCUT2D eigenvalue weighted by Crippen LogP contribution is -2.46. The molecule has 3 aromatic rings. The Bertz CT molecular complexity index is 813. The normalized spacial score (nSPS) is 15.5. The summed E-state index contributed by atoms with van der Waals surface area (Å²) in [6.45, 7) is 4.18. The zero-order chi connectivity index (χ0) is 17.1. The van der Waals surface area contributed by atoms with Crippen LogP contribution in [0.25, 0.3) is 11.4 Å². The molecule has 128 valence electrons. The van der Waals surface area contributed by atoms with Gasteiger partial charge in [0.1, 0.15) is 5.82 Å². The van der Waals surface area contributed by atoms with Gasteiger partial charge in [0, 0.05) is 49.8 Å². The zero-order valence-corrected chi connectivity index (χ0v) is 13.7. The highest BCUT2D eigenvalue weighted by Crippen LogP contribution is 2.18. The van der Waals surface area contributed by atoms with Crippen molar-refractivity contribution in [1.82, 2.24) is 20.0 Å². The molecule has 0 N–H and O–H groups in total. The number of nitrogens with zero attached hydrogens (tertiary/aromatic N) is 5. The summed E-state index contributed by atoms with van der Waals surface area (Å²) in [4.78, 5) is 13.0. The van der Waals surface area contributed by atoms with Gasteiger partial charge in [0.25, 0.3) is 0 Å². The third-order valence-electron chi connectivity index (χ3n) is 4.31. The minimum Gasteiger partial charge on any atom is -0.369 e. The number of halogens is 1. The number of anilines is 1. The predicted molar refractivity (Wildman–Crippen MR) is 91.4 cm³/mol. The molecule has 0 aliphatic carbocycles. The van der Waals surface area contributed by atoms with E-state index in [1.54, 1.807) is 12.4 Å². The predicted octanol–water partition coefficient (Wildman–Crippen LogP) is 2.59. The summed E-state index contributed by atoms with van der Waals surface area (Å²) in [7, 11) is 0. The van der Waals surface area contributed by atoms with E-state index in [2.05, 4.69) is 24.9 Å². The van der Waals surface area contributed by atoms with E-state index in [0.717, 1.165) is 37.4 Å². The van der Waals surface area contributed by atoms with Crippen LogP contribution < -0.4 is 4.90 Å². The van der Waals surface area contributed by atoms with E-state index in [9.17, 15) is 4.39 Å². The molecule has 7 heteroatoms. The molecule has 1 aromatic carbocycles. The van der Waals surface area contributed by atoms with Crippen molar-refractivity contribution in [1.29, 1.82) is 0 Å². The van der Waals surface area contributed by atoms with Crippen LogP contribution in [0.15, 0.2) is 53.3 Å². The van der Waals surface area contributed by atoms with E-state index in [1.165, 1.54) is 12.1 Å². The minimum atomic E-state index is -0.205. The fourth-order valence-electron chi connectivity index (χ4n) is 2.94. The Hall–Kier alpha value is -2.80. The van der Waals surface area contributed by atoms with Crippen molar-refractivity contribution in [2.24, 2.45) is 0 Å². The second-order valence-electron chi connectivity index (χ2n) is 5.99. The molecule has 2 aromatic heterocycles. The summed E-state index contributed by atoms with van der Waals surface area (Å²) in [5.41, 5.74) is 1.90. The van der Waals surface area contributed by atoms with E-state index in [1.807, 2.05) is 24.3 Å². The standard InChI is InChI=1S/C18H18FN5O/c19-15-3-5-16(6-4-15)24-10-8-23(9-11-24)13-17-21-18(22-25-17)14-2-1-7-20-12-14/h1-7,12H,8-11,13H2. The van der Waals surface area contributed by atoms with Gasteiger partial charge in [-0.05, 0) is 36.4 Å². The van der Waals surface area contributed by atoms with Gasteiger partial charge in [0.2, 0.25) is 11.7 Å². The van der Waals surface area contributed by atoms with Gasteiger partial charge in [-0.3, -0.25) is 9.88 Å². The summed E-state index contributed by atoms with van der Waals surface area (Å²) in [6.07, 6.45) is 3.43. The first-order valence-electron chi connectivity index (χ1n) is 8.24. The highest BCUT2D eigenvalue weighted by atomic mass is 19.1. The number of hydrogen-bond acceptors (Lipinski definition) is 6. The first kappa shape index (κ1) is 15.7. The van der Waals surface area contributed by atoms with Gasteiger partial charge in [-0.1, -0.05) is 5.16 Å². The average Bonchev–Trinajstić information content (AvgIpc) is 3.12. The number of aromatic nitrogens is 3. The van der Waals surface area contributed by atoms with Crippen LogP contribution in [0.5, 0.6) is 0 Å². The van der Waals surface area contributed by atoms with Gasteiger partial charge < -0.3 is 9.42 Å². The first-order valence-corrected chi connectivity index (χ1v) is 8.24. The lowest BCUT2D eigenvalue weighted by Gasteiger charge is -2.35. The van der Waals surface area contributed by atoms with Crippen LogP contribution in [0.3, 0.4) is 0 Å². The smallest absolute Gasteiger partial charge is 0.241 e. The highest BCUT2D eigenvalue weighted by molar-refractivity contribution is 5.51. The monoisotopic (exact) mass is 339 g/mol. The molecule has 0 spiro atoms. The molecule has 3 heterocycles. The summed E-state index contributed by atoms with van der Waals surface area (Å²) < 4.78 is 18.4. The summed E-state index contributed by atoms with van der Waals surface area (Å²) >= 11 is 0. The number of pyridine rings is 1. The Labute approximate surface area is 144 Å². The SMILES string of the molecule is Fc1ccc(N2CCN(Cc3nc(-c4cccnc4)no3)CC2)cc1. The maximum absolute atomic E-state index is 13.0. The van der Waals surface area contributed by atoms with Crippen LogP contribution >= 0.6 is 0 Å². The highest BCUT2D eigenvalue weighted by Gasteiger charge is 2.19. The van der Waals surface area contributed by atoms with Crippen LogP contribution in [0.2, 0.25) is 0 Å². The topological polar surface area (TPSA) is 58.3 Å². The first-order chi connectivity index (χ1) is 12.3. The summed E-state index contributed by atoms with van der Waals surface area (Å²) in [5, 5.41) is 4.02. The number of hydrogen-bond donors (Lipinski definition) is 0. The van der Waals surface area contributed by atoms with Gasteiger partial charge in [-0.2, -0.15) is 4.98 Å². The molecule has 6 nitrogen and oxygen atoms in total. The molecule has 0 radical (unpaired) electrons. The van der Waals surface area contributed by atoms with Crippen LogP contribution in [-0.2, 0) is 6.54 Å². The van der Waals surface area contributed by atoms with Crippen molar-refractivity contribution in [2.45, 2.75) is 6.54 Å². The Kier molecular flexibility index (Phi) is 4.39. The lowest BCUT2D eigenvalue weighted by atomic mass is 10.2. The Morgan fingerprint density at radius 2 is 1.84 bits per heavy atom. The lowest BCUT2D eigenvalue weighted by molar-refractivity contribution is 0.215. The van der Waals surface area contributed by atoms with Gasteiger partial charge in [0.05, 0.1) is 6.54 Å². The third-order valence-corrected chi connectivity index (χ3v) is 4.31. The van der Waals surface area contributed by atoms with Gasteiger partial charge >= 0.3 is 0 Å². The molecule has 25 heavy (non-hydrogen) atoms. The fraction of sp³-hybridized carbons (Fsp3) is 0.278. The maximum Gasteiger partial charge on any atom is 0.241 e.